The zero-order chi connectivity index (χ0) is 9.26. The molecule has 1 aromatic carbocycles. The van der Waals surface area contributed by atoms with E-state index in [-0.39, 0.29) is 0 Å². The first-order valence-corrected chi connectivity index (χ1v) is 5.81. The fraction of sp³-hybridized carbons (Fsp3) is 0.400. The Hall–Kier alpha value is -0.180. The van der Waals surface area contributed by atoms with Gasteiger partial charge in [0, 0.05) is 22.1 Å². The molecule has 2 N–H and O–H groups in total. The maximum absolute atomic E-state index is 6.10. The second-order valence-electron chi connectivity index (χ2n) is 3.34. The van der Waals surface area contributed by atoms with Crippen LogP contribution in [0.1, 0.15) is 17.2 Å². The molecule has 0 radical (unpaired) electrons. The van der Waals surface area contributed by atoms with Crippen molar-refractivity contribution in [2.45, 2.75) is 17.7 Å². The van der Waals surface area contributed by atoms with E-state index in [0.29, 0.717) is 11.3 Å². The van der Waals surface area contributed by atoms with E-state index >= 15 is 0 Å². The van der Waals surface area contributed by atoms with Crippen molar-refractivity contribution in [2.24, 2.45) is 5.73 Å². The van der Waals surface area contributed by atoms with Crippen molar-refractivity contribution in [1.29, 1.82) is 0 Å². The van der Waals surface area contributed by atoms with E-state index in [4.69, 9.17) is 17.3 Å². The average molecular weight is 214 g/mol. The second-order valence-corrected chi connectivity index (χ2v) is 4.98. The minimum Gasteiger partial charge on any atom is -0.327 e. The molecule has 3 heteroatoms. The van der Waals surface area contributed by atoms with Crippen LogP contribution >= 0.6 is 23.4 Å². The lowest BCUT2D eigenvalue weighted by Gasteiger charge is -2.10. The number of nitrogens with two attached hydrogens (primary N) is 1. The predicted octanol–water partition coefficient (Wildman–Crippen LogP) is 2.85. The van der Waals surface area contributed by atoms with Gasteiger partial charge in [0.2, 0.25) is 0 Å². The van der Waals surface area contributed by atoms with Crippen molar-refractivity contribution in [3.8, 4) is 0 Å². The zero-order valence-corrected chi connectivity index (χ0v) is 8.81. The highest BCUT2D eigenvalue weighted by molar-refractivity contribution is 7.99. The summed E-state index contributed by atoms with van der Waals surface area (Å²) in [6, 6.07) is 8.38. The molecule has 1 nitrogen and oxygen atoms in total. The molecule has 1 aliphatic heterocycles. The molecule has 1 heterocycles. The van der Waals surface area contributed by atoms with Gasteiger partial charge in [-0.2, -0.15) is 11.8 Å². The first-order chi connectivity index (χ1) is 6.27. The molecule has 0 saturated carbocycles. The molecule has 1 fully saturated rings. The van der Waals surface area contributed by atoms with Crippen molar-refractivity contribution in [3.63, 3.8) is 0 Å². The molecule has 0 aromatic heterocycles. The highest BCUT2D eigenvalue weighted by Crippen LogP contribution is 2.41. The SMILES string of the molecule is NC1CSC(c2ccccc2Cl)C1. The highest BCUT2D eigenvalue weighted by atomic mass is 35.5. The monoisotopic (exact) mass is 213 g/mol. The van der Waals surface area contributed by atoms with Gasteiger partial charge in [0.1, 0.15) is 0 Å². The summed E-state index contributed by atoms with van der Waals surface area (Å²) in [5, 5.41) is 1.37. The van der Waals surface area contributed by atoms with Gasteiger partial charge >= 0.3 is 0 Å². The number of rotatable bonds is 1. The van der Waals surface area contributed by atoms with Crippen LogP contribution in [0.25, 0.3) is 0 Å². The maximum atomic E-state index is 6.10. The van der Waals surface area contributed by atoms with Gasteiger partial charge in [-0.15, -0.1) is 0 Å². The molecule has 2 rings (SSSR count). The number of thioether (sulfide) groups is 1. The van der Waals surface area contributed by atoms with Crippen molar-refractivity contribution in [3.05, 3.63) is 34.9 Å². The lowest BCUT2D eigenvalue weighted by molar-refractivity contribution is 0.700. The Morgan fingerprint density at radius 1 is 1.38 bits per heavy atom. The third-order valence-corrected chi connectivity index (χ3v) is 4.09. The molecular weight excluding hydrogens is 202 g/mol. The minimum absolute atomic E-state index is 0.339. The molecule has 0 amide bonds. The number of hydrogen-bond donors (Lipinski definition) is 1. The molecule has 13 heavy (non-hydrogen) atoms. The van der Waals surface area contributed by atoms with E-state index in [1.807, 2.05) is 30.0 Å². The molecule has 70 valence electrons. The van der Waals surface area contributed by atoms with Gasteiger partial charge in [0.05, 0.1) is 0 Å². The van der Waals surface area contributed by atoms with Gasteiger partial charge in [0.15, 0.2) is 0 Å². The lowest BCUT2D eigenvalue weighted by atomic mass is 10.1. The van der Waals surface area contributed by atoms with Crippen LogP contribution in [-0.4, -0.2) is 11.8 Å². The van der Waals surface area contributed by atoms with Gasteiger partial charge in [-0.05, 0) is 18.1 Å². The topological polar surface area (TPSA) is 26.0 Å². The summed E-state index contributed by atoms with van der Waals surface area (Å²) in [5.41, 5.74) is 7.09. The molecule has 0 spiro atoms. The number of halogens is 1. The summed E-state index contributed by atoms with van der Waals surface area (Å²) >= 11 is 8.01. The van der Waals surface area contributed by atoms with Crippen molar-refractivity contribution in [1.82, 2.24) is 0 Å². The smallest absolute Gasteiger partial charge is 0.0449 e. The molecule has 2 atom stereocenters. The van der Waals surface area contributed by atoms with Crippen LogP contribution in [0.3, 0.4) is 0 Å². The van der Waals surface area contributed by atoms with Gasteiger partial charge in [-0.1, -0.05) is 29.8 Å². The number of hydrogen-bond acceptors (Lipinski definition) is 2. The summed E-state index contributed by atoms with van der Waals surface area (Å²) in [6.45, 7) is 0. The maximum Gasteiger partial charge on any atom is 0.0449 e. The van der Waals surface area contributed by atoms with Crippen LogP contribution in [0.5, 0.6) is 0 Å². The van der Waals surface area contributed by atoms with Gasteiger partial charge < -0.3 is 5.73 Å². The summed E-state index contributed by atoms with van der Waals surface area (Å²) in [7, 11) is 0. The Morgan fingerprint density at radius 2 is 2.15 bits per heavy atom. The Morgan fingerprint density at radius 3 is 2.77 bits per heavy atom. The average Bonchev–Trinajstić information content (AvgIpc) is 2.53. The Labute approximate surface area is 87.7 Å². The standard InChI is InChI=1S/C10H12ClNS/c11-9-4-2-1-3-8(9)10-5-7(12)6-13-10/h1-4,7,10H,5-6,12H2. The van der Waals surface area contributed by atoms with Crippen LogP contribution in [0, 0.1) is 0 Å². The Balaban J connectivity index is 2.21. The minimum atomic E-state index is 0.339. The van der Waals surface area contributed by atoms with Crippen molar-refractivity contribution in [2.75, 3.05) is 5.75 Å². The molecule has 1 aromatic rings. The first-order valence-electron chi connectivity index (χ1n) is 4.39. The fourth-order valence-electron chi connectivity index (χ4n) is 1.60. The predicted molar refractivity (Wildman–Crippen MR) is 59.2 cm³/mol. The van der Waals surface area contributed by atoms with Crippen molar-refractivity contribution >= 4 is 23.4 Å². The van der Waals surface area contributed by atoms with Crippen LogP contribution in [0.15, 0.2) is 24.3 Å². The van der Waals surface area contributed by atoms with E-state index < -0.39 is 0 Å². The second kappa shape index (κ2) is 3.91. The van der Waals surface area contributed by atoms with Crippen LogP contribution < -0.4 is 5.73 Å². The van der Waals surface area contributed by atoms with E-state index in [1.54, 1.807) is 0 Å². The summed E-state index contributed by atoms with van der Waals surface area (Å²) in [6.07, 6.45) is 1.05. The van der Waals surface area contributed by atoms with Crippen molar-refractivity contribution < 1.29 is 0 Å². The molecule has 0 bridgehead atoms. The van der Waals surface area contributed by atoms with Gasteiger partial charge in [-0.25, -0.2) is 0 Å². The van der Waals surface area contributed by atoms with E-state index in [0.717, 1.165) is 17.2 Å². The van der Waals surface area contributed by atoms with E-state index in [9.17, 15) is 0 Å². The molecule has 0 aliphatic carbocycles. The molecule has 1 aliphatic rings. The first kappa shape index (κ1) is 9.38. The van der Waals surface area contributed by atoms with E-state index in [1.165, 1.54) is 5.56 Å². The molecule has 1 saturated heterocycles. The normalized spacial score (nSPS) is 27.8. The molecular formula is C10H12ClNS. The largest absolute Gasteiger partial charge is 0.327 e. The third-order valence-electron chi connectivity index (χ3n) is 2.28. The Kier molecular flexibility index (Phi) is 2.82. The highest BCUT2D eigenvalue weighted by Gasteiger charge is 2.24. The van der Waals surface area contributed by atoms with E-state index in [2.05, 4.69) is 6.07 Å². The quantitative estimate of drug-likeness (QED) is 0.777. The number of benzene rings is 1. The summed E-state index contributed by atoms with van der Waals surface area (Å²) < 4.78 is 0. The van der Waals surface area contributed by atoms with Crippen LogP contribution in [0.4, 0.5) is 0 Å². The van der Waals surface area contributed by atoms with Crippen LogP contribution in [-0.2, 0) is 0 Å². The summed E-state index contributed by atoms with van der Waals surface area (Å²) in [4.78, 5) is 0. The molecule has 2 unspecified atom stereocenters. The zero-order valence-electron chi connectivity index (χ0n) is 7.24. The third kappa shape index (κ3) is 2.01. The fourth-order valence-corrected chi connectivity index (χ4v) is 3.32. The van der Waals surface area contributed by atoms with Gasteiger partial charge in [-0.3, -0.25) is 0 Å². The Bertz CT molecular complexity index is 303. The summed E-state index contributed by atoms with van der Waals surface area (Å²) in [5.74, 6) is 1.05. The van der Waals surface area contributed by atoms with Crippen LogP contribution in [0.2, 0.25) is 5.02 Å². The van der Waals surface area contributed by atoms with Gasteiger partial charge in [0.25, 0.3) is 0 Å². The lowest BCUT2D eigenvalue weighted by Crippen LogP contribution is -2.17.